The first-order valence-corrected chi connectivity index (χ1v) is 10.5. The first-order valence-electron chi connectivity index (χ1n) is 10.5. The fourth-order valence-electron chi connectivity index (χ4n) is 4.42. The van der Waals surface area contributed by atoms with Crippen LogP contribution < -0.4 is 0 Å². The highest BCUT2D eigenvalue weighted by Gasteiger charge is 2.68. The van der Waals surface area contributed by atoms with Crippen LogP contribution in [0.3, 0.4) is 0 Å². The molecule has 5 heteroatoms. The fraction of sp³-hybridized carbons (Fsp3) is 0.440. The summed E-state index contributed by atoms with van der Waals surface area (Å²) in [5.41, 5.74) is -0.197. The smallest absolute Gasteiger partial charge is 0.167 e. The lowest BCUT2D eigenvalue weighted by Gasteiger charge is -2.48. The van der Waals surface area contributed by atoms with Crippen molar-refractivity contribution in [3.8, 4) is 0 Å². The Labute approximate surface area is 178 Å². The van der Waals surface area contributed by atoms with Crippen LogP contribution in [0.15, 0.2) is 73.3 Å². The number of ether oxygens (including phenoxy) is 4. The Bertz CT molecular complexity index is 841. The zero-order valence-electron chi connectivity index (χ0n) is 17.5. The number of fused-ring (bicyclic) bond motifs is 2. The summed E-state index contributed by atoms with van der Waals surface area (Å²) in [5.74, 6) is -0.772. The van der Waals surface area contributed by atoms with Gasteiger partial charge in [0.15, 0.2) is 11.4 Å². The summed E-state index contributed by atoms with van der Waals surface area (Å²) >= 11 is 0. The second-order valence-corrected chi connectivity index (χ2v) is 8.34. The Hall–Kier alpha value is -2.02. The van der Waals surface area contributed by atoms with E-state index in [2.05, 4.69) is 6.58 Å². The number of hydrogen-bond donors (Lipinski definition) is 1. The highest BCUT2D eigenvalue weighted by atomic mass is 16.8. The molecule has 4 unspecified atom stereocenters. The molecule has 2 heterocycles. The topological polar surface area (TPSA) is 57.2 Å². The molecule has 2 aromatic rings. The second-order valence-electron chi connectivity index (χ2n) is 8.34. The molecule has 0 aliphatic carbocycles. The number of rotatable bonds is 9. The molecule has 5 nitrogen and oxygen atoms in total. The molecule has 0 saturated carbocycles. The van der Waals surface area contributed by atoms with E-state index >= 15 is 0 Å². The van der Waals surface area contributed by atoms with Gasteiger partial charge in [0.05, 0.1) is 26.4 Å². The van der Waals surface area contributed by atoms with Gasteiger partial charge in [-0.15, -0.1) is 6.58 Å². The van der Waals surface area contributed by atoms with E-state index in [1.54, 1.807) is 6.08 Å². The van der Waals surface area contributed by atoms with Crippen LogP contribution in [-0.4, -0.2) is 41.4 Å². The first-order chi connectivity index (χ1) is 14.5. The Morgan fingerprint density at radius 3 is 2.20 bits per heavy atom. The summed E-state index contributed by atoms with van der Waals surface area (Å²) < 4.78 is 24.7. The maximum absolute atomic E-state index is 11.5. The zero-order valence-corrected chi connectivity index (χ0v) is 17.5. The molecule has 1 N–H and O–H groups in total. The van der Waals surface area contributed by atoms with E-state index in [1.807, 2.05) is 67.6 Å². The molecular formula is C25H30O5. The lowest BCUT2D eigenvalue weighted by molar-refractivity contribution is -0.263. The molecule has 4 rings (SSSR count). The summed E-state index contributed by atoms with van der Waals surface area (Å²) in [7, 11) is 0. The molecule has 160 valence electrons. The minimum atomic E-state index is -1.26. The lowest BCUT2D eigenvalue weighted by Crippen LogP contribution is -2.65. The van der Waals surface area contributed by atoms with Gasteiger partial charge in [0.25, 0.3) is 0 Å². The van der Waals surface area contributed by atoms with Gasteiger partial charge >= 0.3 is 0 Å². The van der Waals surface area contributed by atoms with Gasteiger partial charge in [-0.1, -0.05) is 66.7 Å². The monoisotopic (exact) mass is 410 g/mol. The highest BCUT2D eigenvalue weighted by molar-refractivity contribution is 5.21. The van der Waals surface area contributed by atoms with E-state index in [1.165, 1.54) is 0 Å². The van der Waals surface area contributed by atoms with E-state index in [4.69, 9.17) is 18.9 Å². The Balaban J connectivity index is 1.50. The van der Waals surface area contributed by atoms with Crippen LogP contribution in [0.2, 0.25) is 0 Å². The second kappa shape index (κ2) is 8.61. The van der Waals surface area contributed by atoms with Gasteiger partial charge in [-0.25, -0.2) is 0 Å². The van der Waals surface area contributed by atoms with Gasteiger partial charge in [0.2, 0.25) is 0 Å². The molecule has 0 radical (unpaired) electrons. The molecular weight excluding hydrogens is 380 g/mol. The predicted octanol–water partition coefficient (Wildman–Crippen LogP) is 4.00. The molecule has 2 aromatic carbocycles. The number of hydrogen-bond acceptors (Lipinski definition) is 5. The average molecular weight is 411 g/mol. The van der Waals surface area contributed by atoms with Crippen LogP contribution in [0, 0.1) is 0 Å². The molecule has 0 spiro atoms. The Morgan fingerprint density at radius 2 is 1.60 bits per heavy atom. The molecule has 2 fully saturated rings. The average Bonchev–Trinajstić information content (AvgIpc) is 3.02. The van der Waals surface area contributed by atoms with E-state index in [9.17, 15) is 5.11 Å². The van der Waals surface area contributed by atoms with Gasteiger partial charge in [-0.2, -0.15) is 0 Å². The molecule has 4 atom stereocenters. The predicted molar refractivity (Wildman–Crippen MR) is 114 cm³/mol. The summed E-state index contributed by atoms with van der Waals surface area (Å²) in [6.07, 6.45) is 2.16. The van der Waals surface area contributed by atoms with Crippen molar-refractivity contribution in [2.45, 2.75) is 56.1 Å². The van der Waals surface area contributed by atoms with Gasteiger partial charge in [0.1, 0.15) is 11.7 Å². The molecule has 2 aliphatic heterocycles. The Morgan fingerprint density at radius 1 is 1.00 bits per heavy atom. The highest BCUT2D eigenvalue weighted by Crippen LogP contribution is 2.52. The summed E-state index contributed by atoms with van der Waals surface area (Å²) in [4.78, 5) is 0. The first kappa shape index (κ1) is 21.2. The SMILES string of the molecule is C=CC1(O)CCC2(C)OC(COCc3ccccc3)C1(COCc1ccccc1)O2. The summed E-state index contributed by atoms with van der Waals surface area (Å²) in [5, 5.41) is 11.5. The van der Waals surface area contributed by atoms with Crippen molar-refractivity contribution in [2.75, 3.05) is 13.2 Å². The summed E-state index contributed by atoms with van der Waals surface area (Å²) in [6.45, 7) is 7.16. The van der Waals surface area contributed by atoms with Crippen LogP contribution in [0.1, 0.15) is 30.9 Å². The van der Waals surface area contributed by atoms with Gasteiger partial charge in [-0.3, -0.25) is 0 Å². The third-order valence-corrected chi connectivity index (χ3v) is 6.15. The van der Waals surface area contributed by atoms with E-state index in [0.717, 1.165) is 11.1 Å². The van der Waals surface area contributed by atoms with E-state index in [0.29, 0.717) is 26.1 Å². The van der Waals surface area contributed by atoms with Crippen molar-refractivity contribution in [3.63, 3.8) is 0 Å². The zero-order chi connectivity index (χ0) is 21.1. The largest absolute Gasteiger partial charge is 0.383 e. The van der Waals surface area contributed by atoms with Crippen LogP contribution in [-0.2, 0) is 32.2 Å². The Kier molecular flexibility index (Phi) is 6.09. The van der Waals surface area contributed by atoms with Crippen molar-refractivity contribution in [1.82, 2.24) is 0 Å². The van der Waals surface area contributed by atoms with Crippen LogP contribution >= 0.6 is 0 Å². The fourth-order valence-corrected chi connectivity index (χ4v) is 4.42. The van der Waals surface area contributed by atoms with Crippen molar-refractivity contribution < 1.29 is 24.1 Å². The van der Waals surface area contributed by atoms with Crippen molar-refractivity contribution in [2.24, 2.45) is 0 Å². The molecule has 2 bridgehead atoms. The van der Waals surface area contributed by atoms with Crippen LogP contribution in [0.25, 0.3) is 0 Å². The molecule has 0 amide bonds. The standard InChI is InChI=1S/C25H30O5/c1-3-24(26)15-14-23(2)29-22(18-27-16-20-10-6-4-7-11-20)25(24,30-23)19-28-17-21-12-8-5-9-13-21/h3-13,22,26H,1,14-19H2,2H3. The van der Waals surface area contributed by atoms with E-state index < -0.39 is 23.1 Å². The maximum atomic E-state index is 11.5. The van der Waals surface area contributed by atoms with Crippen LogP contribution in [0.5, 0.6) is 0 Å². The quantitative estimate of drug-likeness (QED) is 0.633. The molecule has 2 aliphatic rings. The van der Waals surface area contributed by atoms with Crippen molar-refractivity contribution >= 4 is 0 Å². The summed E-state index contributed by atoms with van der Waals surface area (Å²) in [6, 6.07) is 19.9. The molecule has 0 aromatic heterocycles. The van der Waals surface area contributed by atoms with Crippen molar-refractivity contribution in [3.05, 3.63) is 84.4 Å². The number of aliphatic hydroxyl groups is 1. The van der Waals surface area contributed by atoms with Gasteiger partial charge in [-0.05, 0) is 24.5 Å². The third-order valence-electron chi connectivity index (χ3n) is 6.15. The third kappa shape index (κ3) is 4.09. The normalized spacial score (nSPS) is 32.8. The minimum Gasteiger partial charge on any atom is -0.383 e. The lowest BCUT2D eigenvalue weighted by atomic mass is 9.74. The number of benzene rings is 2. The van der Waals surface area contributed by atoms with Gasteiger partial charge in [0, 0.05) is 6.42 Å². The maximum Gasteiger partial charge on any atom is 0.167 e. The molecule has 2 saturated heterocycles. The molecule has 30 heavy (non-hydrogen) atoms. The van der Waals surface area contributed by atoms with Gasteiger partial charge < -0.3 is 24.1 Å². The van der Waals surface area contributed by atoms with Crippen molar-refractivity contribution in [1.29, 1.82) is 0 Å². The van der Waals surface area contributed by atoms with Crippen LogP contribution in [0.4, 0.5) is 0 Å². The minimum absolute atomic E-state index is 0.180. The van der Waals surface area contributed by atoms with E-state index in [-0.39, 0.29) is 13.2 Å².